The van der Waals surface area contributed by atoms with Crippen molar-refractivity contribution in [1.29, 1.82) is 0 Å². The highest BCUT2D eigenvalue weighted by Gasteiger charge is 2.27. The third-order valence-corrected chi connectivity index (χ3v) is 4.30. The van der Waals surface area contributed by atoms with Gasteiger partial charge in [-0.05, 0) is 60.9 Å². The largest absolute Gasteiger partial charge is 0.359 e. The summed E-state index contributed by atoms with van der Waals surface area (Å²) in [6, 6.07) is 11.9. The quantitative estimate of drug-likeness (QED) is 0.697. The van der Waals surface area contributed by atoms with E-state index < -0.39 is 0 Å². The molecule has 118 valence electrons. The summed E-state index contributed by atoms with van der Waals surface area (Å²) in [4.78, 5) is 19.9. The van der Waals surface area contributed by atoms with Crippen LogP contribution in [-0.4, -0.2) is 15.9 Å². The van der Waals surface area contributed by atoms with Gasteiger partial charge in [-0.2, -0.15) is 0 Å². The first-order chi connectivity index (χ1) is 11.6. The number of anilines is 1. The van der Waals surface area contributed by atoms with Gasteiger partial charge in [-0.1, -0.05) is 12.1 Å². The molecule has 4 rings (SSSR count). The zero-order valence-electron chi connectivity index (χ0n) is 13.6. The van der Waals surface area contributed by atoms with E-state index in [4.69, 9.17) is 0 Å². The van der Waals surface area contributed by atoms with Crippen LogP contribution in [0.1, 0.15) is 22.5 Å². The van der Waals surface area contributed by atoms with Crippen molar-refractivity contribution in [1.82, 2.24) is 9.97 Å². The topological polar surface area (TPSA) is 57.8 Å². The van der Waals surface area contributed by atoms with E-state index in [1.807, 2.05) is 50.3 Å². The Kier molecular flexibility index (Phi) is 3.31. The second-order valence-electron chi connectivity index (χ2n) is 6.03. The van der Waals surface area contributed by atoms with Crippen molar-refractivity contribution in [3.05, 3.63) is 71.3 Å². The molecule has 0 spiro atoms. The average molecular weight is 315 g/mol. The van der Waals surface area contributed by atoms with Crippen LogP contribution in [0.4, 0.5) is 5.69 Å². The third kappa shape index (κ3) is 2.33. The number of nitrogens with zero attached hydrogens (tertiary/aromatic N) is 1. The maximum atomic E-state index is 12.5. The fourth-order valence-corrected chi connectivity index (χ4v) is 3.20. The van der Waals surface area contributed by atoms with E-state index in [2.05, 4.69) is 21.4 Å². The summed E-state index contributed by atoms with van der Waals surface area (Å²) in [5.41, 5.74) is 7.73. The summed E-state index contributed by atoms with van der Waals surface area (Å²) in [5.74, 6) is -0.0711. The van der Waals surface area contributed by atoms with Crippen molar-refractivity contribution in [3.8, 4) is 11.1 Å². The van der Waals surface area contributed by atoms with Gasteiger partial charge in [-0.3, -0.25) is 9.78 Å². The summed E-state index contributed by atoms with van der Waals surface area (Å²) < 4.78 is 0. The maximum Gasteiger partial charge on any atom is 0.256 e. The molecule has 0 saturated heterocycles. The number of pyridine rings is 1. The minimum absolute atomic E-state index is 0.0711. The number of H-pyrrole nitrogens is 1. The second-order valence-corrected chi connectivity index (χ2v) is 6.03. The molecule has 0 radical (unpaired) electrons. The third-order valence-electron chi connectivity index (χ3n) is 4.30. The molecule has 0 fully saturated rings. The number of carbonyl (C=O) groups excluding carboxylic acids is 1. The molecule has 1 aromatic carbocycles. The van der Waals surface area contributed by atoms with Crippen molar-refractivity contribution < 1.29 is 4.79 Å². The van der Waals surface area contributed by atoms with Crippen LogP contribution in [0.3, 0.4) is 0 Å². The summed E-state index contributed by atoms with van der Waals surface area (Å²) in [5, 5.41) is 2.97. The smallest absolute Gasteiger partial charge is 0.256 e. The van der Waals surface area contributed by atoms with Gasteiger partial charge in [-0.25, -0.2) is 0 Å². The van der Waals surface area contributed by atoms with E-state index in [1.165, 1.54) is 0 Å². The molecule has 3 aromatic rings. The first-order valence-electron chi connectivity index (χ1n) is 7.86. The Balaban J connectivity index is 1.92. The standard InChI is InChI=1S/C20H17N3O/c1-12-10-13(2)22-18(12)11-16-19-15(14-6-8-21-9-7-14)4-3-5-17(19)23-20(16)24/h3-11,22H,1-2H3,(H,23,24). The first kappa shape index (κ1) is 14.5. The lowest BCUT2D eigenvalue weighted by Gasteiger charge is -2.08. The van der Waals surface area contributed by atoms with Crippen molar-refractivity contribution in [2.45, 2.75) is 13.8 Å². The van der Waals surface area contributed by atoms with Crippen LogP contribution in [0, 0.1) is 13.8 Å². The van der Waals surface area contributed by atoms with Crippen LogP contribution >= 0.6 is 0 Å². The van der Waals surface area contributed by atoms with Gasteiger partial charge in [0.05, 0.1) is 5.57 Å². The highest BCUT2D eigenvalue weighted by atomic mass is 16.2. The molecule has 0 bridgehead atoms. The van der Waals surface area contributed by atoms with E-state index >= 15 is 0 Å². The molecule has 3 heterocycles. The van der Waals surface area contributed by atoms with Gasteiger partial charge >= 0.3 is 0 Å². The maximum absolute atomic E-state index is 12.5. The van der Waals surface area contributed by atoms with Crippen LogP contribution in [0.15, 0.2) is 48.8 Å². The van der Waals surface area contributed by atoms with Crippen molar-refractivity contribution in [2.75, 3.05) is 5.32 Å². The summed E-state index contributed by atoms with van der Waals surface area (Å²) >= 11 is 0. The lowest BCUT2D eigenvalue weighted by molar-refractivity contribution is -0.110. The molecule has 1 aliphatic heterocycles. The number of amides is 1. The van der Waals surface area contributed by atoms with Gasteiger partial charge < -0.3 is 10.3 Å². The average Bonchev–Trinajstić information content (AvgIpc) is 3.07. The number of hydrogen-bond donors (Lipinski definition) is 2. The van der Waals surface area contributed by atoms with Gasteiger partial charge in [0, 0.05) is 35.0 Å². The predicted molar refractivity (Wildman–Crippen MR) is 96.4 cm³/mol. The summed E-state index contributed by atoms with van der Waals surface area (Å²) in [7, 11) is 0. The highest BCUT2D eigenvalue weighted by Crippen LogP contribution is 2.40. The number of hydrogen-bond acceptors (Lipinski definition) is 2. The normalized spacial score (nSPS) is 14.8. The Labute approximate surface area is 140 Å². The Morgan fingerprint density at radius 3 is 2.58 bits per heavy atom. The fraction of sp³-hybridized carbons (Fsp3) is 0.100. The number of aromatic nitrogens is 2. The Bertz CT molecular complexity index is 968. The van der Waals surface area contributed by atoms with Crippen molar-refractivity contribution >= 4 is 23.2 Å². The Hall–Kier alpha value is -3.14. The lowest BCUT2D eigenvalue weighted by atomic mass is 9.95. The molecule has 0 unspecified atom stereocenters. The van der Waals surface area contributed by atoms with E-state index in [9.17, 15) is 4.79 Å². The van der Waals surface area contributed by atoms with E-state index in [0.717, 1.165) is 39.3 Å². The first-order valence-corrected chi connectivity index (χ1v) is 7.86. The van der Waals surface area contributed by atoms with Gasteiger partial charge in [0.15, 0.2) is 0 Å². The molecule has 4 heteroatoms. The SMILES string of the molecule is Cc1cc(C)c(C=C2C(=O)Nc3cccc(-c4ccncc4)c32)[nH]1. The van der Waals surface area contributed by atoms with Crippen LogP contribution in [-0.2, 0) is 4.79 Å². The van der Waals surface area contributed by atoms with Gasteiger partial charge in [0.2, 0.25) is 0 Å². The van der Waals surface area contributed by atoms with Crippen molar-refractivity contribution in [2.24, 2.45) is 0 Å². The number of benzene rings is 1. The predicted octanol–water partition coefficient (Wildman–Crippen LogP) is 4.19. The molecule has 0 atom stereocenters. The van der Waals surface area contributed by atoms with E-state index in [0.29, 0.717) is 5.57 Å². The fourth-order valence-electron chi connectivity index (χ4n) is 3.20. The molecule has 24 heavy (non-hydrogen) atoms. The highest BCUT2D eigenvalue weighted by molar-refractivity contribution is 6.36. The zero-order valence-corrected chi connectivity index (χ0v) is 13.6. The number of nitrogens with one attached hydrogen (secondary N) is 2. The molecule has 0 saturated carbocycles. The minimum atomic E-state index is -0.0711. The molecule has 2 aromatic heterocycles. The van der Waals surface area contributed by atoms with Crippen LogP contribution in [0.2, 0.25) is 0 Å². The Morgan fingerprint density at radius 2 is 1.88 bits per heavy atom. The molecule has 4 nitrogen and oxygen atoms in total. The molecule has 2 N–H and O–H groups in total. The number of aryl methyl sites for hydroxylation is 2. The summed E-state index contributed by atoms with van der Waals surface area (Å²) in [6.07, 6.45) is 5.47. The van der Waals surface area contributed by atoms with Gasteiger partial charge in [-0.15, -0.1) is 0 Å². The minimum Gasteiger partial charge on any atom is -0.359 e. The monoisotopic (exact) mass is 315 g/mol. The molecule has 0 aliphatic carbocycles. The molecule has 1 amide bonds. The molecule has 1 aliphatic rings. The van der Waals surface area contributed by atoms with Crippen LogP contribution in [0.25, 0.3) is 22.8 Å². The van der Waals surface area contributed by atoms with Crippen LogP contribution < -0.4 is 5.32 Å². The number of carbonyl (C=O) groups is 1. The second kappa shape index (κ2) is 5.49. The van der Waals surface area contributed by atoms with Gasteiger partial charge in [0.25, 0.3) is 5.91 Å². The van der Waals surface area contributed by atoms with E-state index in [1.54, 1.807) is 12.4 Å². The summed E-state index contributed by atoms with van der Waals surface area (Å²) in [6.45, 7) is 4.05. The number of fused-ring (bicyclic) bond motifs is 1. The molecular formula is C20H17N3O. The van der Waals surface area contributed by atoms with E-state index in [-0.39, 0.29) is 5.91 Å². The Morgan fingerprint density at radius 1 is 1.08 bits per heavy atom. The lowest BCUT2D eigenvalue weighted by Crippen LogP contribution is -2.03. The van der Waals surface area contributed by atoms with Crippen LogP contribution in [0.5, 0.6) is 0 Å². The zero-order chi connectivity index (χ0) is 16.7. The van der Waals surface area contributed by atoms with Gasteiger partial charge in [0.1, 0.15) is 0 Å². The number of aromatic amines is 1. The molecular weight excluding hydrogens is 298 g/mol. The van der Waals surface area contributed by atoms with Crippen molar-refractivity contribution in [3.63, 3.8) is 0 Å². The number of rotatable bonds is 2.